The van der Waals surface area contributed by atoms with Crippen molar-refractivity contribution >= 4 is 23.5 Å². The predicted octanol–water partition coefficient (Wildman–Crippen LogP) is 3.36. The Labute approximate surface area is 165 Å². The first-order chi connectivity index (χ1) is 13.2. The van der Waals surface area contributed by atoms with E-state index in [2.05, 4.69) is 10.6 Å². The SMILES string of the molecule is CC(=O)NC(CC(=O)OCC(=O)Nc1ccc(C)c(C)c1)c1ccc(C)cc1. The molecule has 2 aromatic rings. The maximum absolute atomic E-state index is 12.2. The highest BCUT2D eigenvalue weighted by Gasteiger charge is 2.19. The van der Waals surface area contributed by atoms with Crippen molar-refractivity contribution in [3.63, 3.8) is 0 Å². The highest BCUT2D eigenvalue weighted by molar-refractivity contribution is 5.93. The summed E-state index contributed by atoms with van der Waals surface area (Å²) in [5, 5.41) is 5.45. The number of amides is 2. The van der Waals surface area contributed by atoms with Gasteiger partial charge in [-0.15, -0.1) is 0 Å². The number of hydrogen-bond acceptors (Lipinski definition) is 4. The summed E-state index contributed by atoms with van der Waals surface area (Å²) in [5.74, 6) is -1.22. The summed E-state index contributed by atoms with van der Waals surface area (Å²) in [6.45, 7) is 6.91. The molecule has 0 aliphatic heterocycles. The van der Waals surface area contributed by atoms with Crippen molar-refractivity contribution in [3.05, 3.63) is 64.7 Å². The second-order valence-corrected chi connectivity index (χ2v) is 6.88. The summed E-state index contributed by atoms with van der Waals surface area (Å²) in [7, 11) is 0. The second kappa shape index (κ2) is 9.69. The van der Waals surface area contributed by atoms with Crippen LogP contribution in [-0.2, 0) is 19.1 Å². The summed E-state index contributed by atoms with van der Waals surface area (Å²) < 4.78 is 5.08. The van der Waals surface area contributed by atoms with Gasteiger partial charge in [-0.05, 0) is 49.6 Å². The standard InChI is InChI=1S/C22H26N2O4/c1-14-5-8-18(9-6-14)20(23-17(4)25)12-22(27)28-13-21(26)24-19-10-7-15(2)16(3)11-19/h5-11,20H,12-13H2,1-4H3,(H,23,25)(H,24,26). The Bertz CT molecular complexity index is 859. The van der Waals surface area contributed by atoms with Crippen LogP contribution in [-0.4, -0.2) is 24.4 Å². The van der Waals surface area contributed by atoms with Crippen LogP contribution in [0.2, 0.25) is 0 Å². The summed E-state index contributed by atoms with van der Waals surface area (Å²) in [5.41, 5.74) is 4.73. The van der Waals surface area contributed by atoms with Gasteiger partial charge in [-0.25, -0.2) is 0 Å². The Kier molecular flexibility index (Phi) is 7.32. The highest BCUT2D eigenvalue weighted by atomic mass is 16.5. The fourth-order valence-corrected chi connectivity index (χ4v) is 2.68. The van der Waals surface area contributed by atoms with Gasteiger partial charge in [0.2, 0.25) is 5.91 Å². The predicted molar refractivity (Wildman–Crippen MR) is 108 cm³/mol. The van der Waals surface area contributed by atoms with Crippen molar-refractivity contribution in [2.75, 3.05) is 11.9 Å². The summed E-state index contributed by atoms with van der Waals surface area (Å²) in [4.78, 5) is 35.7. The third-order valence-corrected chi connectivity index (χ3v) is 4.38. The Morgan fingerprint density at radius 1 is 0.964 bits per heavy atom. The molecule has 1 unspecified atom stereocenters. The van der Waals surface area contributed by atoms with Crippen LogP contribution in [0.15, 0.2) is 42.5 Å². The van der Waals surface area contributed by atoms with Crippen LogP contribution in [0.5, 0.6) is 0 Å². The third kappa shape index (κ3) is 6.54. The number of rotatable bonds is 7. The van der Waals surface area contributed by atoms with Gasteiger partial charge in [0.1, 0.15) is 0 Å². The second-order valence-electron chi connectivity index (χ2n) is 6.88. The van der Waals surface area contributed by atoms with Crippen molar-refractivity contribution in [1.29, 1.82) is 0 Å². The number of nitrogens with one attached hydrogen (secondary N) is 2. The topological polar surface area (TPSA) is 84.5 Å². The first kappa shape index (κ1) is 21.2. The first-order valence-corrected chi connectivity index (χ1v) is 9.11. The van der Waals surface area contributed by atoms with Crippen molar-refractivity contribution in [1.82, 2.24) is 5.32 Å². The molecule has 0 saturated carbocycles. The molecule has 0 aliphatic carbocycles. The third-order valence-electron chi connectivity index (χ3n) is 4.38. The van der Waals surface area contributed by atoms with E-state index in [1.165, 1.54) is 6.92 Å². The molecular formula is C22H26N2O4. The van der Waals surface area contributed by atoms with E-state index in [1.807, 2.05) is 57.2 Å². The van der Waals surface area contributed by atoms with E-state index in [0.717, 1.165) is 22.3 Å². The zero-order chi connectivity index (χ0) is 20.7. The van der Waals surface area contributed by atoms with E-state index in [-0.39, 0.29) is 18.9 Å². The summed E-state index contributed by atoms with van der Waals surface area (Å²) in [6.07, 6.45) is -0.0560. The van der Waals surface area contributed by atoms with Crippen LogP contribution in [0.1, 0.15) is 41.6 Å². The van der Waals surface area contributed by atoms with Crippen LogP contribution in [0.25, 0.3) is 0 Å². The van der Waals surface area contributed by atoms with Gasteiger partial charge in [-0.2, -0.15) is 0 Å². The first-order valence-electron chi connectivity index (χ1n) is 9.11. The molecule has 2 aromatic carbocycles. The van der Waals surface area contributed by atoms with Gasteiger partial charge in [-0.1, -0.05) is 35.9 Å². The van der Waals surface area contributed by atoms with E-state index in [4.69, 9.17) is 4.74 Å². The smallest absolute Gasteiger partial charge is 0.308 e. The Balaban J connectivity index is 1.90. The quantitative estimate of drug-likeness (QED) is 0.719. The molecule has 0 spiro atoms. The number of carbonyl (C=O) groups is 3. The fourth-order valence-electron chi connectivity index (χ4n) is 2.68. The van der Waals surface area contributed by atoms with E-state index < -0.39 is 17.9 Å². The zero-order valence-electron chi connectivity index (χ0n) is 16.7. The van der Waals surface area contributed by atoms with Crippen LogP contribution in [0.4, 0.5) is 5.69 Å². The van der Waals surface area contributed by atoms with Crippen molar-refractivity contribution < 1.29 is 19.1 Å². The maximum Gasteiger partial charge on any atom is 0.308 e. The average Bonchev–Trinajstić information content (AvgIpc) is 2.63. The van der Waals surface area contributed by atoms with Crippen molar-refractivity contribution in [2.24, 2.45) is 0 Å². The van der Waals surface area contributed by atoms with E-state index >= 15 is 0 Å². The van der Waals surface area contributed by atoms with Gasteiger partial charge in [0.15, 0.2) is 6.61 Å². The molecule has 1 atom stereocenters. The molecule has 0 radical (unpaired) electrons. The monoisotopic (exact) mass is 382 g/mol. The molecule has 0 bridgehead atoms. The molecule has 6 heteroatoms. The molecule has 0 fully saturated rings. The Hall–Kier alpha value is -3.15. The molecular weight excluding hydrogens is 356 g/mol. The van der Waals surface area contributed by atoms with Gasteiger partial charge in [0.25, 0.3) is 5.91 Å². The summed E-state index contributed by atoms with van der Waals surface area (Å²) >= 11 is 0. The minimum absolute atomic E-state index is 0.0560. The van der Waals surface area contributed by atoms with Gasteiger partial charge in [0, 0.05) is 12.6 Å². The summed E-state index contributed by atoms with van der Waals surface area (Å²) in [6, 6.07) is 12.6. The molecule has 2 N–H and O–H groups in total. The number of anilines is 1. The lowest BCUT2D eigenvalue weighted by Crippen LogP contribution is -2.29. The Morgan fingerprint density at radius 2 is 1.64 bits per heavy atom. The number of ether oxygens (including phenoxy) is 1. The molecule has 0 aromatic heterocycles. The Morgan fingerprint density at radius 3 is 2.25 bits per heavy atom. The number of hydrogen-bond donors (Lipinski definition) is 2. The lowest BCUT2D eigenvalue weighted by atomic mass is 10.0. The number of carbonyl (C=O) groups excluding carboxylic acids is 3. The van der Waals surface area contributed by atoms with Crippen LogP contribution in [0, 0.1) is 20.8 Å². The van der Waals surface area contributed by atoms with Gasteiger partial charge in [0.05, 0.1) is 12.5 Å². The molecule has 2 amide bonds. The van der Waals surface area contributed by atoms with Gasteiger partial charge in [-0.3, -0.25) is 14.4 Å². The van der Waals surface area contributed by atoms with Gasteiger partial charge < -0.3 is 15.4 Å². The molecule has 2 rings (SSSR count). The molecule has 0 saturated heterocycles. The van der Waals surface area contributed by atoms with Crippen molar-refractivity contribution in [3.8, 4) is 0 Å². The minimum atomic E-state index is -0.561. The van der Waals surface area contributed by atoms with Crippen molar-refractivity contribution in [2.45, 2.75) is 40.2 Å². The van der Waals surface area contributed by atoms with E-state index in [1.54, 1.807) is 6.07 Å². The lowest BCUT2D eigenvalue weighted by molar-refractivity contribution is -0.148. The number of esters is 1. The highest BCUT2D eigenvalue weighted by Crippen LogP contribution is 2.18. The molecule has 6 nitrogen and oxygen atoms in total. The molecule has 28 heavy (non-hydrogen) atoms. The van der Waals surface area contributed by atoms with E-state index in [9.17, 15) is 14.4 Å². The maximum atomic E-state index is 12.2. The van der Waals surface area contributed by atoms with E-state index in [0.29, 0.717) is 5.69 Å². The number of benzene rings is 2. The van der Waals surface area contributed by atoms with Crippen LogP contribution >= 0.6 is 0 Å². The minimum Gasteiger partial charge on any atom is -0.455 e. The lowest BCUT2D eigenvalue weighted by Gasteiger charge is -2.18. The molecule has 0 heterocycles. The normalized spacial score (nSPS) is 11.4. The fraction of sp³-hybridized carbons (Fsp3) is 0.318. The van der Waals surface area contributed by atoms with Crippen LogP contribution < -0.4 is 10.6 Å². The largest absolute Gasteiger partial charge is 0.455 e. The molecule has 0 aliphatic rings. The molecule has 148 valence electrons. The van der Waals surface area contributed by atoms with Crippen LogP contribution in [0.3, 0.4) is 0 Å². The zero-order valence-corrected chi connectivity index (χ0v) is 16.7. The number of aryl methyl sites for hydroxylation is 3. The van der Waals surface area contributed by atoms with Gasteiger partial charge >= 0.3 is 5.97 Å². The average molecular weight is 382 g/mol.